The van der Waals surface area contributed by atoms with Gasteiger partial charge in [0.25, 0.3) is 0 Å². The minimum absolute atomic E-state index is 0.0971. The highest BCUT2D eigenvalue weighted by Crippen LogP contribution is 2.23. The first-order valence-electron chi connectivity index (χ1n) is 6.20. The monoisotopic (exact) mass is 258 g/mol. The van der Waals surface area contributed by atoms with Gasteiger partial charge in [0.1, 0.15) is 5.82 Å². The van der Waals surface area contributed by atoms with Gasteiger partial charge in [-0.1, -0.05) is 42.5 Å². The van der Waals surface area contributed by atoms with Crippen LogP contribution in [0.5, 0.6) is 0 Å². The van der Waals surface area contributed by atoms with Crippen molar-refractivity contribution in [1.29, 1.82) is 0 Å². The van der Waals surface area contributed by atoms with Crippen LogP contribution >= 0.6 is 0 Å². The van der Waals surface area contributed by atoms with E-state index in [1.165, 1.54) is 6.07 Å². The Bertz CT molecular complexity index is 564. The maximum absolute atomic E-state index is 14.0. The molecule has 19 heavy (non-hydrogen) atoms. The highest BCUT2D eigenvalue weighted by Gasteiger charge is 2.09. The number of rotatable bonds is 4. The van der Waals surface area contributed by atoms with Crippen molar-refractivity contribution in [3.05, 3.63) is 59.9 Å². The average molecular weight is 258 g/mol. The van der Waals surface area contributed by atoms with E-state index in [-0.39, 0.29) is 18.2 Å². The van der Waals surface area contributed by atoms with Crippen LogP contribution in [-0.4, -0.2) is 12.6 Å². The van der Waals surface area contributed by atoms with Gasteiger partial charge < -0.3 is 4.74 Å². The molecule has 0 radical (unpaired) electrons. The predicted octanol–water partition coefficient (Wildman–Crippen LogP) is 3.60. The van der Waals surface area contributed by atoms with Crippen molar-refractivity contribution < 1.29 is 13.9 Å². The van der Waals surface area contributed by atoms with Crippen LogP contribution in [0, 0.1) is 5.82 Å². The fourth-order valence-corrected chi connectivity index (χ4v) is 1.90. The van der Waals surface area contributed by atoms with Gasteiger partial charge in [0.15, 0.2) is 0 Å². The predicted molar refractivity (Wildman–Crippen MR) is 72.2 cm³/mol. The Kier molecular flexibility index (Phi) is 4.29. The van der Waals surface area contributed by atoms with Crippen molar-refractivity contribution in [2.75, 3.05) is 6.61 Å². The summed E-state index contributed by atoms with van der Waals surface area (Å²) in [6.07, 6.45) is 0.0971. The number of hydrogen-bond acceptors (Lipinski definition) is 2. The Hall–Kier alpha value is -2.16. The van der Waals surface area contributed by atoms with E-state index in [0.29, 0.717) is 17.7 Å². The minimum atomic E-state index is -0.339. The SMILES string of the molecule is CCOC(=O)Cc1ccc(-c2ccccc2)c(F)c1. The molecule has 0 aromatic heterocycles. The third kappa shape index (κ3) is 3.41. The lowest BCUT2D eigenvalue weighted by atomic mass is 10.0. The molecular formula is C16H15FO2. The van der Waals surface area contributed by atoms with Crippen LogP contribution in [0.3, 0.4) is 0 Å². The lowest BCUT2D eigenvalue weighted by molar-refractivity contribution is -0.142. The first-order valence-corrected chi connectivity index (χ1v) is 6.20. The molecule has 0 aliphatic heterocycles. The third-order valence-electron chi connectivity index (χ3n) is 2.77. The van der Waals surface area contributed by atoms with E-state index in [0.717, 1.165) is 5.56 Å². The lowest BCUT2D eigenvalue weighted by Gasteiger charge is -2.06. The summed E-state index contributed by atoms with van der Waals surface area (Å²) in [6.45, 7) is 2.08. The zero-order valence-corrected chi connectivity index (χ0v) is 10.7. The molecule has 0 atom stereocenters. The van der Waals surface area contributed by atoms with E-state index in [1.54, 1.807) is 19.1 Å². The van der Waals surface area contributed by atoms with Crippen LogP contribution in [0.15, 0.2) is 48.5 Å². The van der Waals surface area contributed by atoms with Crippen LogP contribution in [0.4, 0.5) is 4.39 Å². The van der Waals surface area contributed by atoms with Gasteiger partial charge in [0.05, 0.1) is 13.0 Å². The zero-order chi connectivity index (χ0) is 13.7. The highest BCUT2D eigenvalue weighted by molar-refractivity contribution is 5.73. The normalized spacial score (nSPS) is 10.2. The molecule has 0 amide bonds. The van der Waals surface area contributed by atoms with Crippen LogP contribution < -0.4 is 0 Å². The van der Waals surface area contributed by atoms with Crippen LogP contribution in [0.25, 0.3) is 11.1 Å². The summed E-state index contributed by atoms with van der Waals surface area (Å²) >= 11 is 0. The number of ether oxygens (including phenoxy) is 1. The lowest BCUT2D eigenvalue weighted by Crippen LogP contribution is -2.07. The van der Waals surface area contributed by atoms with Gasteiger partial charge in [-0.15, -0.1) is 0 Å². The molecule has 98 valence electrons. The van der Waals surface area contributed by atoms with Gasteiger partial charge in [-0.2, -0.15) is 0 Å². The Balaban J connectivity index is 2.20. The van der Waals surface area contributed by atoms with Gasteiger partial charge in [0, 0.05) is 5.56 Å². The van der Waals surface area contributed by atoms with E-state index >= 15 is 0 Å². The summed E-state index contributed by atoms with van der Waals surface area (Å²) < 4.78 is 18.9. The maximum atomic E-state index is 14.0. The molecule has 2 aromatic rings. The Morgan fingerprint density at radius 2 is 1.89 bits per heavy atom. The zero-order valence-electron chi connectivity index (χ0n) is 10.7. The topological polar surface area (TPSA) is 26.3 Å². The molecule has 2 nitrogen and oxygen atoms in total. The molecule has 0 fully saturated rings. The van der Waals surface area contributed by atoms with Gasteiger partial charge in [-0.3, -0.25) is 4.79 Å². The Morgan fingerprint density at radius 3 is 2.53 bits per heavy atom. The highest BCUT2D eigenvalue weighted by atomic mass is 19.1. The minimum Gasteiger partial charge on any atom is -0.466 e. The largest absolute Gasteiger partial charge is 0.466 e. The Morgan fingerprint density at radius 1 is 1.16 bits per heavy atom. The van der Waals surface area contributed by atoms with Gasteiger partial charge >= 0.3 is 5.97 Å². The molecule has 0 aliphatic carbocycles. The summed E-state index contributed by atoms with van der Waals surface area (Å²) in [5.41, 5.74) is 1.98. The second-order valence-electron chi connectivity index (χ2n) is 4.16. The fraction of sp³-hybridized carbons (Fsp3) is 0.188. The summed E-state index contributed by atoms with van der Waals surface area (Å²) in [7, 11) is 0. The van der Waals surface area contributed by atoms with E-state index in [2.05, 4.69) is 0 Å². The van der Waals surface area contributed by atoms with Crippen LogP contribution in [0.2, 0.25) is 0 Å². The third-order valence-corrected chi connectivity index (χ3v) is 2.77. The maximum Gasteiger partial charge on any atom is 0.310 e. The molecule has 0 unspecified atom stereocenters. The smallest absolute Gasteiger partial charge is 0.310 e. The van der Waals surface area contributed by atoms with Gasteiger partial charge in [-0.05, 0) is 24.1 Å². The van der Waals surface area contributed by atoms with Crippen molar-refractivity contribution in [3.63, 3.8) is 0 Å². The second-order valence-corrected chi connectivity index (χ2v) is 4.16. The second kappa shape index (κ2) is 6.14. The molecule has 0 bridgehead atoms. The number of esters is 1. The average Bonchev–Trinajstić information content (AvgIpc) is 2.40. The molecule has 0 N–H and O–H groups in total. The molecule has 2 rings (SSSR count). The molecule has 0 spiro atoms. The number of benzene rings is 2. The van der Waals surface area contributed by atoms with Gasteiger partial charge in [0.2, 0.25) is 0 Å². The summed E-state index contributed by atoms with van der Waals surface area (Å²) in [5, 5.41) is 0. The Labute approximate surface area is 111 Å². The van der Waals surface area contributed by atoms with Crippen LogP contribution in [0.1, 0.15) is 12.5 Å². The molecule has 0 aliphatic rings. The van der Waals surface area contributed by atoms with Crippen molar-refractivity contribution in [3.8, 4) is 11.1 Å². The molecule has 0 saturated heterocycles. The quantitative estimate of drug-likeness (QED) is 0.783. The fourth-order valence-electron chi connectivity index (χ4n) is 1.90. The molecule has 0 heterocycles. The number of hydrogen-bond donors (Lipinski definition) is 0. The number of carbonyl (C=O) groups excluding carboxylic acids is 1. The van der Waals surface area contributed by atoms with E-state index in [9.17, 15) is 9.18 Å². The molecule has 2 aromatic carbocycles. The summed E-state index contributed by atoms with van der Waals surface area (Å²) in [5.74, 6) is -0.664. The van der Waals surface area contributed by atoms with Crippen molar-refractivity contribution in [1.82, 2.24) is 0 Å². The first-order chi connectivity index (χ1) is 9.20. The van der Waals surface area contributed by atoms with Crippen molar-refractivity contribution in [2.24, 2.45) is 0 Å². The molecule has 3 heteroatoms. The van der Waals surface area contributed by atoms with Crippen molar-refractivity contribution >= 4 is 5.97 Å². The summed E-state index contributed by atoms with van der Waals surface area (Å²) in [4.78, 5) is 11.3. The van der Waals surface area contributed by atoms with Crippen molar-refractivity contribution in [2.45, 2.75) is 13.3 Å². The standard InChI is InChI=1S/C16H15FO2/c1-2-19-16(18)11-12-8-9-14(15(17)10-12)13-6-4-3-5-7-13/h3-10H,2,11H2,1H3. The number of carbonyl (C=O) groups is 1. The van der Waals surface area contributed by atoms with Gasteiger partial charge in [-0.25, -0.2) is 4.39 Å². The number of halogens is 1. The van der Waals surface area contributed by atoms with E-state index in [4.69, 9.17) is 4.74 Å². The van der Waals surface area contributed by atoms with Crippen LogP contribution in [-0.2, 0) is 16.0 Å². The van der Waals surface area contributed by atoms with E-state index in [1.807, 2.05) is 30.3 Å². The summed E-state index contributed by atoms with van der Waals surface area (Å²) in [6, 6.07) is 14.1. The molecule has 0 saturated carbocycles. The van der Waals surface area contributed by atoms with E-state index < -0.39 is 0 Å². The first kappa shape index (κ1) is 13.3. The molecular weight excluding hydrogens is 243 g/mol.